The average Bonchev–Trinajstić information content (AvgIpc) is 3.30. The zero-order valence-electron chi connectivity index (χ0n) is 20.2. The van der Waals surface area contributed by atoms with E-state index in [0.717, 1.165) is 5.75 Å². The topological polar surface area (TPSA) is 103 Å². The van der Waals surface area contributed by atoms with Crippen molar-refractivity contribution in [2.24, 2.45) is 5.92 Å². The number of halogens is 1. The number of benzene rings is 3. The summed E-state index contributed by atoms with van der Waals surface area (Å²) in [5.41, 5.74) is 0.992. The summed E-state index contributed by atoms with van der Waals surface area (Å²) in [5, 5.41) is 3.01. The maximum atomic E-state index is 12.6. The van der Waals surface area contributed by atoms with Gasteiger partial charge < -0.3 is 29.2 Å². The second kappa shape index (κ2) is 11.7. The number of ether oxygens (including phenoxy) is 4. The van der Waals surface area contributed by atoms with Crippen LogP contribution in [0.5, 0.6) is 23.0 Å². The molecule has 1 aliphatic heterocycles. The van der Waals surface area contributed by atoms with Crippen LogP contribution in [-0.2, 0) is 19.1 Å². The SMILES string of the molecule is COc1ccc(Oc2ccc(N3C[C@H](C(=O)OCC(=O)Nc4cc(Cl)ccc4OC)CC3=O)cc2)cc1. The van der Waals surface area contributed by atoms with Gasteiger partial charge >= 0.3 is 5.97 Å². The monoisotopic (exact) mass is 524 g/mol. The molecule has 0 aliphatic carbocycles. The van der Waals surface area contributed by atoms with Crippen LogP contribution in [0, 0.1) is 5.92 Å². The Morgan fingerprint density at radius 3 is 2.24 bits per heavy atom. The highest BCUT2D eigenvalue weighted by atomic mass is 35.5. The predicted molar refractivity (Wildman–Crippen MR) is 138 cm³/mol. The van der Waals surface area contributed by atoms with E-state index in [1.54, 1.807) is 67.8 Å². The van der Waals surface area contributed by atoms with Crippen LogP contribution in [0.3, 0.4) is 0 Å². The summed E-state index contributed by atoms with van der Waals surface area (Å²) in [7, 11) is 3.05. The molecule has 1 heterocycles. The minimum Gasteiger partial charge on any atom is -0.497 e. The Kier molecular flexibility index (Phi) is 8.15. The first-order chi connectivity index (χ1) is 17.9. The number of nitrogens with zero attached hydrogens (tertiary/aromatic N) is 1. The van der Waals surface area contributed by atoms with Crippen molar-refractivity contribution in [2.45, 2.75) is 6.42 Å². The lowest BCUT2D eigenvalue weighted by Gasteiger charge is -2.17. The highest BCUT2D eigenvalue weighted by Gasteiger charge is 2.36. The summed E-state index contributed by atoms with van der Waals surface area (Å²) in [6.45, 7) is -0.351. The normalized spacial score (nSPS) is 14.7. The summed E-state index contributed by atoms with van der Waals surface area (Å²) < 4.78 is 21.3. The fourth-order valence-corrected chi connectivity index (χ4v) is 3.98. The van der Waals surface area contributed by atoms with Gasteiger partial charge in [-0.25, -0.2) is 0 Å². The van der Waals surface area contributed by atoms with Crippen molar-refractivity contribution in [3.05, 3.63) is 71.8 Å². The molecule has 0 aromatic heterocycles. The number of anilines is 2. The molecule has 192 valence electrons. The van der Waals surface area contributed by atoms with Crippen LogP contribution in [0.25, 0.3) is 0 Å². The summed E-state index contributed by atoms with van der Waals surface area (Å²) in [6.07, 6.45) is -0.00727. The second-order valence-electron chi connectivity index (χ2n) is 8.18. The summed E-state index contributed by atoms with van der Waals surface area (Å²) >= 11 is 5.96. The number of esters is 1. The van der Waals surface area contributed by atoms with Crippen LogP contribution in [0.1, 0.15) is 6.42 Å². The van der Waals surface area contributed by atoms with Crippen LogP contribution in [0.4, 0.5) is 11.4 Å². The smallest absolute Gasteiger partial charge is 0.311 e. The molecule has 10 heteroatoms. The molecule has 1 N–H and O–H groups in total. The Balaban J connectivity index is 1.29. The molecule has 37 heavy (non-hydrogen) atoms. The standard InChI is InChI=1S/C27H25ClN2O7/c1-34-20-8-10-22(11-9-20)37-21-6-4-19(5-7-21)30-15-17(13-26(30)32)27(33)36-16-25(31)29-23-14-18(28)3-12-24(23)35-2/h3-12,14,17H,13,15-16H2,1-2H3,(H,29,31)/t17-/m1/s1. The van der Waals surface area contributed by atoms with E-state index < -0.39 is 24.4 Å². The maximum Gasteiger partial charge on any atom is 0.311 e. The highest BCUT2D eigenvalue weighted by Crippen LogP contribution is 2.30. The second-order valence-corrected chi connectivity index (χ2v) is 8.61. The average molecular weight is 525 g/mol. The molecule has 3 aromatic rings. The van der Waals surface area contributed by atoms with Crippen LogP contribution < -0.4 is 24.4 Å². The fourth-order valence-electron chi connectivity index (χ4n) is 3.81. The number of hydrogen-bond donors (Lipinski definition) is 1. The van der Waals surface area contributed by atoms with Crippen molar-refractivity contribution in [3.8, 4) is 23.0 Å². The molecular weight excluding hydrogens is 500 g/mol. The van der Waals surface area contributed by atoms with Gasteiger partial charge in [0.05, 0.1) is 25.8 Å². The lowest BCUT2D eigenvalue weighted by Crippen LogP contribution is -2.28. The molecule has 3 aromatic carbocycles. The lowest BCUT2D eigenvalue weighted by atomic mass is 10.1. The van der Waals surface area contributed by atoms with E-state index in [1.165, 1.54) is 18.1 Å². The third kappa shape index (κ3) is 6.50. The quantitative estimate of drug-likeness (QED) is 0.405. The summed E-state index contributed by atoms with van der Waals surface area (Å²) in [6, 6.07) is 18.9. The third-order valence-electron chi connectivity index (χ3n) is 5.68. The van der Waals surface area contributed by atoms with Crippen LogP contribution in [-0.4, -0.2) is 45.2 Å². The van der Waals surface area contributed by atoms with E-state index >= 15 is 0 Å². The number of carbonyl (C=O) groups is 3. The number of carbonyl (C=O) groups excluding carboxylic acids is 3. The Morgan fingerprint density at radius 2 is 1.59 bits per heavy atom. The summed E-state index contributed by atoms with van der Waals surface area (Å²) in [4.78, 5) is 38.9. The van der Waals surface area contributed by atoms with Gasteiger partial charge in [-0.2, -0.15) is 0 Å². The predicted octanol–water partition coefficient (Wildman–Crippen LogP) is 4.68. The molecule has 2 amide bonds. The zero-order valence-corrected chi connectivity index (χ0v) is 21.0. The molecule has 4 rings (SSSR count). The van der Waals surface area contributed by atoms with E-state index in [9.17, 15) is 14.4 Å². The lowest BCUT2D eigenvalue weighted by molar-refractivity contribution is -0.151. The molecule has 0 spiro atoms. The van der Waals surface area contributed by atoms with Gasteiger partial charge in [-0.1, -0.05) is 11.6 Å². The van der Waals surface area contributed by atoms with Crippen LogP contribution >= 0.6 is 11.6 Å². The maximum absolute atomic E-state index is 12.6. The highest BCUT2D eigenvalue weighted by molar-refractivity contribution is 6.31. The number of hydrogen-bond acceptors (Lipinski definition) is 7. The van der Waals surface area contributed by atoms with E-state index in [0.29, 0.717) is 33.6 Å². The molecule has 9 nitrogen and oxygen atoms in total. The molecule has 1 atom stereocenters. The molecule has 0 bridgehead atoms. The largest absolute Gasteiger partial charge is 0.497 e. The van der Waals surface area contributed by atoms with Gasteiger partial charge in [0.25, 0.3) is 5.91 Å². The first kappa shape index (κ1) is 25.8. The van der Waals surface area contributed by atoms with Crippen molar-refractivity contribution in [3.63, 3.8) is 0 Å². The molecular formula is C27H25ClN2O7. The first-order valence-electron chi connectivity index (χ1n) is 11.4. The van der Waals surface area contributed by atoms with Gasteiger partial charge in [-0.15, -0.1) is 0 Å². The summed E-state index contributed by atoms with van der Waals surface area (Å²) in [5.74, 6) is 0.318. The molecule has 0 saturated carbocycles. The number of methoxy groups -OCH3 is 2. The van der Waals surface area contributed by atoms with E-state index in [4.69, 9.17) is 30.5 Å². The van der Waals surface area contributed by atoms with Crippen LogP contribution in [0.15, 0.2) is 66.7 Å². The van der Waals surface area contributed by atoms with E-state index in [-0.39, 0.29) is 18.9 Å². The molecule has 1 fully saturated rings. The van der Waals surface area contributed by atoms with Gasteiger partial charge in [-0.3, -0.25) is 14.4 Å². The van der Waals surface area contributed by atoms with E-state index in [2.05, 4.69) is 5.32 Å². The van der Waals surface area contributed by atoms with Crippen molar-refractivity contribution in [1.29, 1.82) is 0 Å². The van der Waals surface area contributed by atoms with Crippen molar-refractivity contribution < 1.29 is 33.3 Å². The third-order valence-corrected chi connectivity index (χ3v) is 5.92. The minimum atomic E-state index is -0.684. The van der Waals surface area contributed by atoms with Gasteiger partial charge in [0.2, 0.25) is 5.91 Å². The van der Waals surface area contributed by atoms with Crippen molar-refractivity contribution >= 4 is 40.8 Å². The molecule has 0 radical (unpaired) electrons. The fraction of sp³-hybridized carbons (Fsp3) is 0.222. The number of rotatable bonds is 9. The molecule has 1 aliphatic rings. The minimum absolute atomic E-state index is 0.00727. The molecule has 1 saturated heterocycles. The van der Waals surface area contributed by atoms with Gasteiger partial charge in [0, 0.05) is 23.7 Å². The first-order valence-corrected chi connectivity index (χ1v) is 11.8. The number of amides is 2. The Morgan fingerprint density at radius 1 is 0.946 bits per heavy atom. The molecule has 0 unspecified atom stereocenters. The van der Waals surface area contributed by atoms with Crippen molar-refractivity contribution in [2.75, 3.05) is 37.6 Å². The van der Waals surface area contributed by atoms with Gasteiger partial charge in [-0.05, 0) is 66.7 Å². The van der Waals surface area contributed by atoms with E-state index in [1.807, 2.05) is 0 Å². The van der Waals surface area contributed by atoms with Gasteiger partial charge in [0.1, 0.15) is 23.0 Å². The van der Waals surface area contributed by atoms with Crippen LogP contribution in [0.2, 0.25) is 5.02 Å². The van der Waals surface area contributed by atoms with Crippen molar-refractivity contribution in [1.82, 2.24) is 0 Å². The zero-order chi connectivity index (χ0) is 26.4. The van der Waals surface area contributed by atoms with Gasteiger partial charge in [0.15, 0.2) is 6.61 Å². The Labute approximate surface area is 218 Å². The Hall–Kier alpha value is -4.24. The Bertz CT molecular complexity index is 1280. The number of nitrogens with one attached hydrogen (secondary N) is 1.